The summed E-state index contributed by atoms with van der Waals surface area (Å²) >= 11 is 5.67. The number of sulfone groups is 1. The minimum atomic E-state index is -3.85. The van der Waals surface area contributed by atoms with Gasteiger partial charge in [-0.25, -0.2) is 8.42 Å². The number of benzene rings is 1. The summed E-state index contributed by atoms with van der Waals surface area (Å²) in [5.41, 5.74) is 0. The number of halogens is 1. The molecule has 1 aromatic carbocycles. The van der Waals surface area contributed by atoms with E-state index in [2.05, 4.69) is 0 Å². The first-order chi connectivity index (χ1) is 7.82. The van der Waals surface area contributed by atoms with Crippen LogP contribution in [0.4, 0.5) is 0 Å². The molecule has 0 radical (unpaired) electrons. The Balaban J connectivity index is 2.51. The van der Waals surface area contributed by atoms with Crippen molar-refractivity contribution >= 4 is 27.4 Å². The SMILES string of the molecule is CC1CC1(C(=O)O)S(=O)(=O)c1ccc(Cl)cc1. The van der Waals surface area contributed by atoms with Gasteiger partial charge in [-0.15, -0.1) is 0 Å². The molecule has 17 heavy (non-hydrogen) atoms. The molecule has 2 rings (SSSR count). The fraction of sp³-hybridized carbons (Fsp3) is 0.364. The number of hydrogen-bond acceptors (Lipinski definition) is 3. The third-order valence-electron chi connectivity index (χ3n) is 3.21. The topological polar surface area (TPSA) is 71.4 Å². The molecule has 0 aliphatic heterocycles. The molecule has 1 N–H and O–H groups in total. The maximum absolute atomic E-state index is 12.3. The minimum Gasteiger partial charge on any atom is -0.480 e. The molecule has 6 heteroatoms. The summed E-state index contributed by atoms with van der Waals surface area (Å²) in [4.78, 5) is 11.2. The van der Waals surface area contributed by atoms with Crippen molar-refractivity contribution in [2.24, 2.45) is 5.92 Å². The van der Waals surface area contributed by atoms with E-state index in [1.807, 2.05) is 0 Å². The van der Waals surface area contributed by atoms with Crippen molar-refractivity contribution in [3.8, 4) is 0 Å². The summed E-state index contributed by atoms with van der Waals surface area (Å²) in [7, 11) is -3.85. The molecule has 2 atom stereocenters. The number of carboxylic acid groups (broad SMARTS) is 1. The van der Waals surface area contributed by atoms with Gasteiger partial charge < -0.3 is 5.11 Å². The molecule has 0 saturated heterocycles. The van der Waals surface area contributed by atoms with Crippen molar-refractivity contribution in [3.05, 3.63) is 29.3 Å². The van der Waals surface area contributed by atoms with Gasteiger partial charge in [-0.05, 0) is 36.6 Å². The summed E-state index contributed by atoms with van der Waals surface area (Å²) in [6.07, 6.45) is 0.160. The first-order valence-electron chi connectivity index (χ1n) is 5.06. The van der Waals surface area contributed by atoms with E-state index >= 15 is 0 Å². The fourth-order valence-corrected chi connectivity index (χ4v) is 4.28. The highest BCUT2D eigenvalue weighted by molar-refractivity contribution is 7.94. The van der Waals surface area contributed by atoms with Crippen LogP contribution in [-0.2, 0) is 14.6 Å². The normalized spacial score (nSPS) is 27.8. The van der Waals surface area contributed by atoms with E-state index in [-0.39, 0.29) is 17.2 Å². The standard InChI is InChI=1S/C11H11ClO4S/c1-7-6-11(7,10(13)14)17(15,16)9-4-2-8(12)3-5-9/h2-5,7H,6H2,1H3,(H,13,14). The maximum atomic E-state index is 12.3. The van der Waals surface area contributed by atoms with Gasteiger partial charge in [0.1, 0.15) is 0 Å². The quantitative estimate of drug-likeness (QED) is 0.915. The van der Waals surface area contributed by atoms with Crippen LogP contribution in [0.25, 0.3) is 0 Å². The summed E-state index contributed by atoms with van der Waals surface area (Å²) in [5, 5.41) is 9.53. The van der Waals surface area contributed by atoms with Gasteiger partial charge in [-0.2, -0.15) is 0 Å². The van der Waals surface area contributed by atoms with Crippen LogP contribution in [0, 0.1) is 5.92 Å². The second-order valence-electron chi connectivity index (χ2n) is 4.26. The zero-order valence-electron chi connectivity index (χ0n) is 9.05. The molecule has 0 bridgehead atoms. The molecule has 2 unspecified atom stereocenters. The molecule has 1 saturated carbocycles. The van der Waals surface area contributed by atoms with Crippen LogP contribution in [0.5, 0.6) is 0 Å². The fourth-order valence-electron chi connectivity index (χ4n) is 2.01. The lowest BCUT2D eigenvalue weighted by Gasteiger charge is -2.12. The lowest BCUT2D eigenvalue weighted by atomic mass is 10.3. The predicted octanol–water partition coefficient (Wildman–Crippen LogP) is 1.98. The Morgan fingerprint density at radius 1 is 1.41 bits per heavy atom. The van der Waals surface area contributed by atoms with E-state index in [0.717, 1.165) is 0 Å². The molecule has 0 aromatic heterocycles. The summed E-state index contributed by atoms with van der Waals surface area (Å²) in [6.45, 7) is 1.63. The van der Waals surface area contributed by atoms with Gasteiger partial charge >= 0.3 is 5.97 Å². The van der Waals surface area contributed by atoms with Crippen LogP contribution >= 0.6 is 11.6 Å². The van der Waals surface area contributed by atoms with Gasteiger partial charge in [0.15, 0.2) is 14.6 Å². The average Bonchev–Trinajstić information content (AvgIpc) is 2.93. The van der Waals surface area contributed by atoms with Gasteiger partial charge in [0.25, 0.3) is 0 Å². The number of rotatable bonds is 3. The number of aliphatic carboxylic acids is 1. The highest BCUT2D eigenvalue weighted by atomic mass is 35.5. The molecule has 92 valence electrons. The Kier molecular flexibility index (Phi) is 2.71. The molecule has 1 fully saturated rings. The van der Waals surface area contributed by atoms with Crippen molar-refractivity contribution in [3.63, 3.8) is 0 Å². The molecule has 0 heterocycles. The average molecular weight is 275 g/mol. The Morgan fingerprint density at radius 2 is 1.88 bits per heavy atom. The van der Waals surface area contributed by atoms with Crippen LogP contribution in [0.3, 0.4) is 0 Å². The van der Waals surface area contributed by atoms with Crippen molar-refractivity contribution < 1.29 is 18.3 Å². The summed E-state index contributed by atoms with van der Waals surface area (Å²) in [5.74, 6) is -1.64. The van der Waals surface area contributed by atoms with Gasteiger partial charge in [0.2, 0.25) is 0 Å². The van der Waals surface area contributed by atoms with Crippen molar-refractivity contribution in [2.75, 3.05) is 0 Å². The Hall–Kier alpha value is -1.07. The van der Waals surface area contributed by atoms with Crippen LogP contribution < -0.4 is 0 Å². The molecule has 1 aliphatic carbocycles. The molecule has 4 nitrogen and oxygen atoms in total. The number of carboxylic acids is 1. The zero-order chi connectivity index (χ0) is 12.8. The second-order valence-corrected chi connectivity index (χ2v) is 6.90. The lowest BCUT2D eigenvalue weighted by Crippen LogP contribution is -2.34. The van der Waals surface area contributed by atoms with Crippen molar-refractivity contribution in [1.82, 2.24) is 0 Å². The second kappa shape index (κ2) is 3.71. The van der Waals surface area contributed by atoms with E-state index < -0.39 is 20.6 Å². The monoisotopic (exact) mass is 274 g/mol. The third-order valence-corrected chi connectivity index (χ3v) is 6.06. The molecular weight excluding hydrogens is 264 g/mol. The minimum absolute atomic E-state index is 0.00801. The molecule has 0 spiro atoms. The maximum Gasteiger partial charge on any atom is 0.325 e. The van der Waals surface area contributed by atoms with E-state index in [4.69, 9.17) is 16.7 Å². The smallest absolute Gasteiger partial charge is 0.325 e. The summed E-state index contributed by atoms with van der Waals surface area (Å²) in [6, 6.07) is 5.56. The first-order valence-corrected chi connectivity index (χ1v) is 6.92. The van der Waals surface area contributed by atoms with E-state index in [1.54, 1.807) is 6.92 Å². The number of hydrogen-bond donors (Lipinski definition) is 1. The highest BCUT2D eigenvalue weighted by Crippen LogP contribution is 2.52. The van der Waals surface area contributed by atoms with Gasteiger partial charge in [-0.1, -0.05) is 18.5 Å². The Morgan fingerprint density at radius 3 is 2.24 bits per heavy atom. The van der Waals surface area contributed by atoms with Gasteiger partial charge in [-0.3, -0.25) is 4.79 Å². The predicted molar refractivity (Wildman–Crippen MR) is 62.8 cm³/mol. The van der Waals surface area contributed by atoms with Gasteiger partial charge in [0, 0.05) is 5.02 Å². The van der Waals surface area contributed by atoms with Crippen LogP contribution in [0.15, 0.2) is 29.2 Å². The molecule has 0 amide bonds. The van der Waals surface area contributed by atoms with E-state index in [9.17, 15) is 13.2 Å². The Labute approximate surface area is 104 Å². The third kappa shape index (κ3) is 1.65. The summed E-state index contributed by atoms with van der Waals surface area (Å²) < 4.78 is 22.9. The molecular formula is C11H11ClO4S. The van der Waals surface area contributed by atoms with Crippen molar-refractivity contribution in [2.45, 2.75) is 23.0 Å². The van der Waals surface area contributed by atoms with Crippen molar-refractivity contribution in [1.29, 1.82) is 0 Å². The first kappa shape index (κ1) is 12.4. The lowest BCUT2D eigenvalue weighted by molar-refractivity contribution is -0.137. The highest BCUT2D eigenvalue weighted by Gasteiger charge is 2.67. The van der Waals surface area contributed by atoms with Crippen LogP contribution in [-0.4, -0.2) is 24.2 Å². The largest absolute Gasteiger partial charge is 0.480 e. The van der Waals surface area contributed by atoms with Gasteiger partial charge in [0.05, 0.1) is 4.90 Å². The Bertz CT molecular complexity index is 564. The van der Waals surface area contributed by atoms with Crippen LogP contribution in [0.2, 0.25) is 5.02 Å². The zero-order valence-corrected chi connectivity index (χ0v) is 10.6. The molecule has 1 aromatic rings. The molecule has 1 aliphatic rings. The number of carbonyl (C=O) groups is 1. The van der Waals surface area contributed by atoms with E-state index in [0.29, 0.717) is 5.02 Å². The van der Waals surface area contributed by atoms with Crippen LogP contribution in [0.1, 0.15) is 13.3 Å². The van der Waals surface area contributed by atoms with E-state index in [1.165, 1.54) is 24.3 Å².